The minimum absolute atomic E-state index is 0.228. The van der Waals surface area contributed by atoms with Crippen LogP contribution in [0.1, 0.15) is 20.3 Å². The van der Waals surface area contributed by atoms with Gasteiger partial charge in [0.25, 0.3) is 0 Å². The maximum Gasteiger partial charge on any atom is 0.303 e. The van der Waals surface area contributed by atoms with Gasteiger partial charge in [-0.05, 0) is 5.53 Å². The molecule has 0 aliphatic carbocycles. The molecular weight excluding hydrogens is 378 g/mol. The normalized spacial score (nSPS) is 30.0. The molecule has 0 spiro atoms. The van der Waals surface area contributed by atoms with Crippen LogP contribution in [0.15, 0.2) is 5.11 Å². The van der Waals surface area contributed by atoms with Crippen molar-refractivity contribution in [3.05, 3.63) is 10.4 Å². The molecule has 0 saturated carbocycles. The molecule has 0 aromatic rings. The lowest BCUT2D eigenvalue weighted by Crippen LogP contribution is -2.55. The molecule has 10 nitrogen and oxygen atoms in total. The molecule has 0 aromatic heterocycles. The minimum atomic E-state index is -1.15. The number of nitrogens with zero attached hydrogens (tertiary/aromatic N) is 3. The first-order valence-corrected chi connectivity index (χ1v) is 7.54. The van der Waals surface area contributed by atoms with Crippen LogP contribution in [0.25, 0.3) is 10.4 Å². The summed E-state index contributed by atoms with van der Waals surface area (Å²) in [7, 11) is 0. The summed E-state index contributed by atoms with van der Waals surface area (Å²) in [4.78, 5) is 36.1. The number of carboxylic acid groups (broad SMARTS) is 1. The summed E-state index contributed by atoms with van der Waals surface area (Å²) in [5.74, 6) is -3.22. The number of azide groups is 1. The fourth-order valence-electron chi connectivity index (χ4n) is 2.31. The standard InChI is InChI=1S/C12H16BrN3O7/c1-5(17)21-4-8-11(22-6(2)18)7(3-9(19)20)10(15-16-14)12(13)23-8/h7-8,10-12H,3-4H2,1-2H3,(H,19,20)/t7-,8-,10-,11-,12+/m1/s1. The minimum Gasteiger partial charge on any atom is -0.481 e. The smallest absolute Gasteiger partial charge is 0.303 e. The van der Waals surface area contributed by atoms with Gasteiger partial charge in [0.2, 0.25) is 0 Å². The highest BCUT2D eigenvalue weighted by molar-refractivity contribution is 9.09. The molecule has 128 valence electrons. The van der Waals surface area contributed by atoms with E-state index in [9.17, 15) is 14.4 Å². The van der Waals surface area contributed by atoms with E-state index in [1.54, 1.807) is 0 Å². The first kappa shape index (κ1) is 19.2. The highest BCUT2D eigenvalue weighted by atomic mass is 79.9. The summed E-state index contributed by atoms with van der Waals surface area (Å²) in [6, 6.07) is -0.908. The van der Waals surface area contributed by atoms with Gasteiger partial charge in [0.1, 0.15) is 23.8 Å². The number of alkyl halides is 1. The number of carbonyl (C=O) groups excluding carboxylic acids is 2. The lowest BCUT2D eigenvalue weighted by molar-refractivity contribution is -0.188. The molecule has 0 aromatic carbocycles. The summed E-state index contributed by atoms with van der Waals surface area (Å²) >= 11 is 3.17. The van der Waals surface area contributed by atoms with E-state index in [0.717, 1.165) is 6.92 Å². The molecule has 0 radical (unpaired) electrons. The van der Waals surface area contributed by atoms with Gasteiger partial charge in [-0.15, -0.1) is 0 Å². The van der Waals surface area contributed by atoms with E-state index in [1.165, 1.54) is 6.92 Å². The molecule has 1 saturated heterocycles. The number of rotatable bonds is 6. The Morgan fingerprint density at radius 2 is 2.00 bits per heavy atom. The lowest BCUT2D eigenvalue weighted by Gasteiger charge is -2.42. The molecule has 0 bridgehead atoms. The number of halogens is 1. The number of ether oxygens (including phenoxy) is 3. The summed E-state index contributed by atoms with van der Waals surface area (Å²) in [5.41, 5.74) is 8.66. The van der Waals surface area contributed by atoms with Crippen LogP contribution in [-0.2, 0) is 28.6 Å². The summed E-state index contributed by atoms with van der Waals surface area (Å²) in [6.45, 7) is 2.13. The molecule has 1 aliphatic heterocycles. The predicted molar refractivity (Wildman–Crippen MR) is 78.5 cm³/mol. The Hall–Kier alpha value is -1.84. The Labute approximate surface area is 139 Å². The van der Waals surface area contributed by atoms with E-state index < -0.39 is 53.5 Å². The molecular formula is C12H16BrN3O7. The van der Waals surface area contributed by atoms with Crippen molar-refractivity contribution in [1.29, 1.82) is 0 Å². The van der Waals surface area contributed by atoms with Crippen LogP contribution < -0.4 is 0 Å². The maximum absolute atomic E-state index is 11.3. The molecule has 1 fully saturated rings. The molecule has 1 aliphatic rings. The average molecular weight is 394 g/mol. The van der Waals surface area contributed by atoms with Crippen LogP contribution in [0.3, 0.4) is 0 Å². The Bertz CT molecular complexity index is 523. The van der Waals surface area contributed by atoms with Gasteiger partial charge in [-0.1, -0.05) is 21.0 Å². The average Bonchev–Trinajstić information content (AvgIpc) is 2.42. The Morgan fingerprint density at radius 3 is 2.48 bits per heavy atom. The van der Waals surface area contributed by atoms with Crippen molar-refractivity contribution < 1.29 is 33.7 Å². The fourth-order valence-corrected chi connectivity index (χ4v) is 3.09. The first-order chi connectivity index (χ1) is 10.8. The van der Waals surface area contributed by atoms with Crippen molar-refractivity contribution >= 4 is 33.8 Å². The second-order valence-corrected chi connectivity index (χ2v) is 5.76. The third-order valence-electron chi connectivity index (χ3n) is 3.15. The van der Waals surface area contributed by atoms with E-state index in [0.29, 0.717) is 0 Å². The Balaban J connectivity index is 3.11. The van der Waals surface area contributed by atoms with Gasteiger partial charge in [0.15, 0.2) is 0 Å². The van der Waals surface area contributed by atoms with Gasteiger partial charge in [-0.25, -0.2) is 0 Å². The zero-order valence-corrected chi connectivity index (χ0v) is 14.0. The van der Waals surface area contributed by atoms with Crippen LogP contribution >= 0.6 is 15.9 Å². The van der Waals surface area contributed by atoms with Crippen LogP contribution in [0.5, 0.6) is 0 Å². The van der Waals surface area contributed by atoms with Gasteiger partial charge >= 0.3 is 17.9 Å². The van der Waals surface area contributed by atoms with Crippen molar-refractivity contribution in [3.63, 3.8) is 0 Å². The quantitative estimate of drug-likeness (QED) is 0.235. The molecule has 1 N–H and O–H groups in total. The van der Waals surface area contributed by atoms with E-state index in [-0.39, 0.29) is 6.61 Å². The summed E-state index contributed by atoms with van der Waals surface area (Å²) in [6.07, 6.45) is -2.34. The third kappa shape index (κ3) is 5.70. The SMILES string of the molecule is CC(=O)OC[C@H]1O[C@H](Br)[C@H](N=[N+]=[N-])[C@@H](CC(=O)O)[C@H]1OC(C)=O. The Kier molecular flexibility index (Phi) is 7.27. The van der Waals surface area contributed by atoms with Crippen molar-refractivity contribution in [3.8, 4) is 0 Å². The largest absolute Gasteiger partial charge is 0.481 e. The molecule has 5 atom stereocenters. The van der Waals surface area contributed by atoms with Gasteiger partial charge < -0.3 is 19.3 Å². The summed E-state index contributed by atoms with van der Waals surface area (Å²) in [5, 5.41) is 11.8. The van der Waals surface area contributed by atoms with Crippen LogP contribution in [0.4, 0.5) is 0 Å². The van der Waals surface area contributed by atoms with Crippen molar-refractivity contribution in [1.82, 2.24) is 0 Å². The van der Waals surface area contributed by atoms with E-state index in [2.05, 4.69) is 26.0 Å². The monoisotopic (exact) mass is 393 g/mol. The molecule has 0 amide bonds. The second kappa shape index (κ2) is 8.70. The molecule has 23 heavy (non-hydrogen) atoms. The van der Waals surface area contributed by atoms with E-state index in [1.807, 2.05) is 0 Å². The number of esters is 2. The fraction of sp³-hybridized carbons (Fsp3) is 0.750. The highest BCUT2D eigenvalue weighted by Gasteiger charge is 2.47. The van der Waals surface area contributed by atoms with E-state index >= 15 is 0 Å². The van der Waals surface area contributed by atoms with Crippen LogP contribution in [-0.4, -0.2) is 52.9 Å². The second-order valence-electron chi connectivity index (χ2n) is 4.86. The van der Waals surface area contributed by atoms with Gasteiger partial charge in [-0.3, -0.25) is 14.4 Å². The number of aliphatic carboxylic acids is 1. The molecule has 1 rings (SSSR count). The first-order valence-electron chi connectivity index (χ1n) is 6.62. The number of hydrogen-bond acceptors (Lipinski definition) is 7. The van der Waals surface area contributed by atoms with Crippen LogP contribution in [0.2, 0.25) is 0 Å². The van der Waals surface area contributed by atoms with Crippen molar-refractivity contribution in [2.75, 3.05) is 6.61 Å². The highest BCUT2D eigenvalue weighted by Crippen LogP contribution is 2.35. The summed E-state index contributed by atoms with van der Waals surface area (Å²) < 4.78 is 15.5. The molecule has 0 unspecified atom stereocenters. The number of carboxylic acids is 1. The number of hydrogen-bond donors (Lipinski definition) is 1. The zero-order valence-electron chi connectivity index (χ0n) is 12.4. The molecule has 1 heterocycles. The van der Waals surface area contributed by atoms with Gasteiger partial charge in [0, 0.05) is 24.7 Å². The number of carbonyl (C=O) groups is 3. The predicted octanol–water partition coefficient (Wildman–Crippen LogP) is 1.37. The van der Waals surface area contributed by atoms with Gasteiger partial charge in [-0.2, -0.15) is 0 Å². The van der Waals surface area contributed by atoms with Gasteiger partial charge in [0.05, 0.1) is 12.5 Å². The van der Waals surface area contributed by atoms with Crippen LogP contribution in [0, 0.1) is 5.92 Å². The van der Waals surface area contributed by atoms with Crippen molar-refractivity contribution in [2.24, 2.45) is 11.0 Å². The Morgan fingerprint density at radius 1 is 1.35 bits per heavy atom. The maximum atomic E-state index is 11.3. The zero-order chi connectivity index (χ0) is 17.6. The molecule has 11 heteroatoms. The lowest BCUT2D eigenvalue weighted by atomic mass is 9.85. The van der Waals surface area contributed by atoms with Crippen molar-refractivity contribution in [2.45, 2.75) is 43.5 Å². The van der Waals surface area contributed by atoms with E-state index in [4.69, 9.17) is 24.8 Å². The third-order valence-corrected chi connectivity index (χ3v) is 3.91. The topological polar surface area (TPSA) is 148 Å².